The second-order valence-corrected chi connectivity index (χ2v) is 1.85. The van der Waals surface area contributed by atoms with Crippen molar-refractivity contribution in [2.45, 2.75) is 6.92 Å². The van der Waals surface area contributed by atoms with Gasteiger partial charge in [-0.05, 0) is 13.0 Å². The quantitative estimate of drug-likeness (QED) is 0.622. The third kappa shape index (κ3) is 1.16. The van der Waals surface area contributed by atoms with E-state index in [0.29, 0.717) is 0 Å². The van der Waals surface area contributed by atoms with Crippen molar-refractivity contribution in [1.82, 2.24) is 5.16 Å². The second kappa shape index (κ2) is 3.01. The molecule has 0 aliphatic heterocycles. The van der Waals surface area contributed by atoms with Gasteiger partial charge < -0.3 is 4.52 Å². The Labute approximate surface area is 59.8 Å². The first kappa shape index (κ1) is 6.81. The Hall–Kier alpha value is -1.31. The van der Waals surface area contributed by atoms with Crippen LogP contribution in [-0.2, 0) is 0 Å². The number of hydrogen-bond acceptors (Lipinski definition) is 2. The number of rotatable bonds is 2. The molecule has 0 unspecified atom stereocenters. The Balaban J connectivity index is 3.00. The molecule has 10 heavy (non-hydrogen) atoms. The fourth-order valence-electron chi connectivity index (χ4n) is 0.716. The lowest BCUT2D eigenvalue weighted by Crippen LogP contribution is -1.67. The zero-order valence-electron chi connectivity index (χ0n) is 5.87. The highest BCUT2D eigenvalue weighted by Gasteiger charge is 1.97. The summed E-state index contributed by atoms with van der Waals surface area (Å²) >= 11 is 0. The first-order valence-corrected chi connectivity index (χ1v) is 3.08. The fourth-order valence-corrected chi connectivity index (χ4v) is 0.716. The molecule has 52 valence electrons. The number of hydrogen-bond donors (Lipinski definition) is 0. The first-order valence-electron chi connectivity index (χ1n) is 3.08. The molecule has 0 fully saturated rings. The van der Waals surface area contributed by atoms with Crippen molar-refractivity contribution in [2.75, 3.05) is 0 Å². The van der Waals surface area contributed by atoms with E-state index in [1.54, 1.807) is 12.3 Å². The minimum absolute atomic E-state index is 0.720. The largest absolute Gasteiger partial charge is 0.356 e. The summed E-state index contributed by atoms with van der Waals surface area (Å²) in [5.41, 5.74) is 0.970. The predicted octanol–water partition coefficient (Wildman–Crippen LogP) is 2.35. The smallest absolute Gasteiger partial charge is 0.166 e. The van der Waals surface area contributed by atoms with Crippen LogP contribution in [0.5, 0.6) is 0 Å². The van der Waals surface area contributed by atoms with Crippen LogP contribution in [0.25, 0.3) is 12.2 Å². The van der Waals surface area contributed by atoms with E-state index in [2.05, 4.69) is 11.7 Å². The van der Waals surface area contributed by atoms with E-state index in [-0.39, 0.29) is 0 Å². The maximum absolute atomic E-state index is 4.85. The molecule has 0 spiro atoms. The maximum Gasteiger partial charge on any atom is 0.166 e. The van der Waals surface area contributed by atoms with Crippen molar-refractivity contribution < 1.29 is 4.52 Å². The summed E-state index contributed by atoms with van der Waals surface area (Å²) in [6, 6.07) is 0. The van der Waals surface area contributed by atoms with Crippen LogP contribution < -0.4 is 0 Å². The van der Waals surface area contributed by atoms with Gasteiger partial charge in [-0.3, -0.25) is 0 Å². The molecule has 0 aliphatic rings. The molecule has 1 heterocycles. The van der Waals surface area contributed by atoms with Crippen LogP contribution in [0.4, 0.5) is 0 Å². The van der Waals surface area contributed by atoms with Gasteiger partial charge in [-0.1, -0.05) is 23.9 Å². The van der Waals surface area contributed by atoms with Gasteiger partial charge in [-0.25, -0.2) is 0 Å². The molecule has 0 saturated carbocycles. The van der Waals surface area contributed by atoms with Gasteiger partial charge in [-0.2, -0.15) is 0 Å². The Morgan fingerprint density at radius 1 is 1.70 bits per heavy atom. The summed E-state index contributed by atoms with van der Waals surface area (Å²) in [4.78, 5) is 0. The van der Waals surface area contributed by atoms with Gasteiger partial charge in [0.15, 0.2) is 5.76 Å². The van der Waals surface area contributed by atoms with Crippen LogP contribution in [0.15, 0.2) is 23.4 Å². The summed E-state index contributed by atoms with van der Waals surface area (Å²) in [5.74, 6) is 0.720. The van der Waals surface area contributed by atoms with E-state index in [4.69, 9.17) is 4.52 Å². The lowest BCUT2D eigenvalue weighted by molar-refractivity contribution is 0.412. The van der Waals surface area contributed by atoms with E-state index < -0.39 is 0 Å². The highest BCUT2D eigenvalue weighted by atomic mass is 16.5. The van der Waals surface area contributed by atoms with Crippen LogP contribution in [0.1, 0.15) is 18.2 Å². The summed E-state index contributed by atoms with van der Waals surface area (Å²) in [6.07, 6.45) is 7.16. The highest BCUT2D eigenvalue weighted by molar-refractivity contribution is 5.58. The first-order chi connectivity index (χ1) is 4.88. The van der Waals surface area contributed by atoms with Crippen LogP contribution in [0.2, 0.25) is 0 Å². The van der Waals surface area contributed by atoms with Crippen molar-refractivity contribution in [1.29, 1.82) is 0 Å². The predicted molar refractivity (Wildman–Crippen MR) is 41.3 cm³/mol. The van der Waals surface area contributed by atoms with Gasteiger partial charge >= 0.3 is 0 Å². The average molecular weight is 135 g/mol. The van der Waals surface area contributed by atoms with Gasteiger partial charge in [0.25, 0.3) is 0 Å². The Morgan fingerprint density at radius 3 is 3.10 bits per heavy atom. The zero-order chi connectivity index (χ0) is 7.40. The molecule has 2 nitrogen and oxygen atoms in total. The summed E-state index contributed by atoms with van der Waals surface area (Å²) < 4.78 is 4.85. The number of nitrogens with zero attached hydrogens (tertiary/aromatic N) is 1. The Morgan fingerprint density at radius 2 is 2.50 bits per heavy atom. The highest BCUT2D eigenvalue weighted by Crippen LogP contribution is 2.10. The molecule has 0 N–H and O–H groups in total. The molecule has 0 aromatic carbocycles. The fraction of sp³-hybridized carbons (Fsp3) is 0.125. The molecule has 1 rings (SSSR count). The van der Waals surface area contributed by atoms with E-state index >= 15 is 0 Å². The molecule has 0 radical (unpaired) electrons. The Kier molecular flexibility index (Phi) is 2.05. The van der Waals surface area contributed by atoms with Crippen molar-refractivity contribution in [3.8, 4) is 0 Å². The van der Waals surface area contributed by atoms with Gasteiger partial charge in [-0.15, -0.1) is 0 Å². The molecule has 2 heteroatoms. The van der Waals surface area contributed by atoms with Crippen molar-refractivity contribution in [3.05, 3.63) is 30.2 Å². The molecular weight excluding hydrogens is 126 g/mol. The minimum atomic E-state index is 0.720. The topological polar surface area (TPSA) is 26.0 Å². The molecule has 1 aromatic rings. The van der Waals surface area contributed by atoms with Crippen LogP contribution in [0.3, 0.4) is 0 Å². The molecular formula is C8H9NO. The standard InChI is InChI=1S/C8H9NO/c1-3-5-7-6-9-10-8(7)4-2/h3-6H,2H2,1H3/b5-3-. The number of aromatic nitrogens is 1. The summed E-state index contributed by atoms with van der Waals surface area (Å²) in [7, 11) is 0. The van der Waals surface area contributed by atoms with Crippen LogP contribution in [-0.4, -0.2) is 5.16 Å². The van der Waals surface area contributed by atoms with E-state index in [0.717, 1.165) is 11.3 Å². The van der Waals surface area contributed by atoms with E-state index in [9.17, 15) is 0 Å². The summed E-state index contributed by atoms with van der Waals surface area (Å²) in [5, 5.41) is 3.61. The maximum atomic E-state index is 4.85. The summed E-state index contributed by atoms with van der Waals surface area (Å²) in [6.45, 7) is 5.52. The lowest BCUT2D eigenvalue weighted by atomic mass is 10.2. The molecule has 0 aliphatic carbocycles. The molecule has 0 amide bonds. The van der Waals surface area contributed by atoms with Crippen molar-refractivity contribution in [2.24, 2.45) is 0 Å². The molecule has 0 saturated heterocycles. The van der Waals surface area contributed by atoms with Gasteiger partial charge in [0.05, 0.1) is 6.20 Å². The van der Waals surface area contributed by atoms with Crippen molar-refractivity contribution >= 4 is 12.2 Å². The molecule has 0 atom stereocenters. The van der Waals surface area contributed by atoms with Crippen LogP contribution >= 0.6 is 0 Å². The third-order valence-electron chi connectivity index (χ3n) is 1.16. The second-order valence-electron chi connectivity index (χ2n) is 1.85. The van der Waals surface area contributed by atoms with E-state index in [1.807, 2.05) is 19.1 Å². The minimum Gasteiger partial charge on any atom is -0.356 e. The lowest BCUT2D eigenvalue weighted by Gasteiger charge is -1.82. The molecule has 0 bridgehead atoms. The third-order valence-corrected chi connectivity index (χ3v) is 1.16. The number of allylic oxidation sites excluding steroid dienone is 1. The van der Waals surface area contributed by atoms with Gasteiger partial charge in [0, 0.05) is 5.56 Å². The monoisotopic (exact) mass is 135 g/mol. The van der Waals surface area contributed by atoms with Crippen LogP contribution in [0, 0.1) is 0 Å². The molecule has 1 aromatic heterocycles. The van der Waals surface area contributed by atoms with E-state index in [1.165, 1.54) is 0 Å². The normalized spacial score (nSPS) is 10.5. The van der Waals surface area contributed by atoms with Crippen molar-refractivity contribution in [3.63, 3.8) is 0 Å². The zero-order valence-corrected chi connectivity index (χ0v) is 5.87. The van der Waals surface area contributed by atoms with Gasteiger partial charge in [0.2, 0.25) is 0 Å². The van der Waals surface area contributed by atoms with Gasteiger partial charge in [0.1, 0.15) is 0 Å². The Bertz CT molecular complexity index is 248. The SMILES string of the molecule is C=Cc1oncc1/C=C\C. The average Bonchev–Trinajstić information content (AvgIpc) is 2.36.